The fourth-order valence-corrected chi connectivity index (χ4v) is 3.51. The van der Waals surface area contributed by atoms with Crippen LogP contribution < -0.4 is 9.80 Å². The van der Waals surface area contributed by atoms with E-state index in [1.54, 1.807) is 0 Å². The minimum atomic E-state index is 0.768. The third-order valence-corrected chi connectivity index (χ3v) is 5.14. The Hall–Kier alpha value is -2.44. The van der Waals surface area contributed by atoms with Gasteiger partial charge in [0.1, 0.15) is 0 Å². The van der Waals surface area contributed by atoms with Gasteiger partial charge < -0.3 is 14.5 Å². The summed E-state index contributed by atoms with van der Waals surface area (Å²) in [5.41, 5.74) is 1.26. The number of benzene rings is 1. The van der Waals surface area contributed by atoms with E-state index in [-0.39, 0.29) is 0 Å². The van der Waals surface area contributed by atoms with Crippen molar-refractivity contribution in [3.05, 3.63) is 54.1 Å². The lowest BCUT2D eigenvalue weighted by atomic mass is 10.2. The summed E-state index contributed by atoms with van der Waals surface area (Å²) in [5.74, 6) is 1.93. The fraction of sp³-hybridized carbons (Fsp3) is 0.429. The average Bonchev–Trinajstić information content (AvgIpc) is 2.76. The van der Waals surface area contributed by atoms with Gasteiger partial charge in [-0.25, -0.2) is 0 Å². The topological polar surface area (TPSA) is 44.7 Å². The second-order valence-corrected chi connectivity index (χ2v) is 6.95. The molecule has 0 atom stereocenters. The van der Waals surface area contributed by atoms with E-state index in [9.17, 15) is 0 Å². The molecule has 0 saturated carbocycles. The number of rotatable bonds is 5. The van der Waals surface area contributed by atoms with Gasteiger partial charge >= 0.3 is 0 Å². The molecule has 0 radical (unpaired) electrons. The highest BCUT2D eigenvalue weighted by atomic mass is 16.5. The van der Waals surface area contributed by atoms with E-state index in [2.05, 4.69) is 73.4 Å². The molecule has 6 heteroatoms. The van der Waals surface area contributed by atoms with Crippen molar-refractivity contribution in [2.45, 2.75) is 0 Å². The standard InChI is InChI=1S/C21H27N5O/c1-2-5-19(6-3-1)7-4-10-24-11-13-25(14-12-24)20-8-9-21(23-22-20)26-15-17-27-18-16-26/h1-9H,10-18H2/b7-4+. The molecule has 2 fully saturated rings. The third kappa shape index (κ3) is 4.84. The lowest BCUT2D eigenvalue weighted by Crippen LogP contribution is -2.46. The number of anilines is 2. The monoisotopic (exact) mass is 365 g/mol. The van der Waals surface area contributed by atoms with Crippen LogP contribution in [0.1, 0.15) is 5.56 Å². The van der Waals surface area contributed by atoms with Gasteiger partial charge in [-0.15, -0.1) is 10.2 Å². The Morgan fingerprint density at radius 3 is 2.04 bits per heavy atom. The molecule has 2 aromatic rings. The molecule has 142 valence electrons. The zero-order chi connectivity index (χ0) is 18.3. The highest BCUT2D eigenvalue weighted by Crippen LogP contribution is 2.17. The summed E-state index contributed by atoms with van der Waals surface area (Å²) in [7, 11) is 0. The molecule has 0 unspecified atom stereocenters. The number of piperazine rings is 1. The number of morpholine rings is 1. The van der Waals surface area contributed by atoms with E-state index in [1.165, 1.54) is 5.56 Å². The summed E-state index contributed by atoms with van der Waals surface area (Å²) < 4.78 is 5.40. The van der Waals surface area contributed by atoms with Crippen molar-refractivity contribution < 1.29 is 4.74 Å². The maximum absolute atomic E-state index is 5.40. The van der Waals surface area contributed by atoms with Gasteiger partial charge in [0.2, 0.25) is 0 Å². The Labute approximate surface area is 161 Å². The minimum absolute atomic E-state index is 0.768. The summed E-state index contributed by atoms with van der Waals surface area (Å²) in [5, 5.41) is 8.90. The van der Waals surface area contributed by atoms with Crippen molar-refractivity contribution in [1.29, 1.82) is 0 Å². The van der Waals surface area contributed by atoms with Crippen molar-refractivity contribution in [3.8, 4) is 0 Å². The highest BCUT2D eigenvalue weighted by Gasteiger charge is 2.18. The quantitative estimate of drug-likeness (QED) is 0.809. The van der Waals surface area contributed by atoms with Crippen LogP contribution in [0.25, 0.3) is 6.08 Å². The largest absolute Gasteiger partial charge is 0.378 e. The van der Waals surface area contributed by atoms with E-state index >= 15 is 0 Å². The molecule has 2 aliphatic rings. The Balaban J connectivity index is 1.25. The Kier molecular flexibility index (Phi) is 5.96. The zero-order valence-corrected chi connectivity index (χ0v) is 15.7. The van der Waals surface area contributed by atoms with E-state index < -0.39 is 0 Å². The maximum Gasteiger partial charge on any atom is 0.151 e. The van der Waals surface area contributed by atoms with Crippen LogP contribution in [0.5, 0.6) is 0 Å². The van der Waals surface area contributed by atoms with Crippen LogP contribution in [-0.4, -0.2) is 74.1 Å². The molecule has 0 amide bonds. The van der Waals surface area contributed by atoms with Gasteiger partial charge in [0, 0.05) is 45.8 Å². The third-order valence-electron chi connectivity index (χ3n) is 5.14. The lowest BCUT2D eigenvalue weighted by Gasteiger charge is -2.34. The zero-order valence-electron chi connectivity index (χ0n) is 15.7. The summed E-state index contributed by atoms with van der Waals surface area (Å²) in [6, 6.07) is 14.6. The van der Waals surface area contributed by atoms with Crippen LogP contribution in [0, 0.1) is 0 Å². The van der Waals surface area contributed by atoms with Crippen molar-refractivity contribution in [1.82, 2.24) is 15.1 Å². The molecule has 0 aliphatic carbocycles. The van der Waals surface area contributed by atoms with Gasteiger partial charge in [0.15, 0.2) is 11.6 Å². The first-order valence-corrected chi connectivity index (χ1v) is 9.74. The highest BCUT2D eigenvalue weighted by molar-refractivity contribution is 5.49. The first kappa shape index (κ1) is 17.9. The molecule has 0 bridgehead atoms. The summed E-state index contributed by atoms with van der Waals surface area (Å²) in [6.07, 6.45) is 4.45. The summed E-state index contributed by atoms with van der Waals surface area (Å²) >= 11 is 0. The second kappa shape index (κ2) is 8.97. The van der Waals surface area contributed by atoms with E-state index in [1.807, 2.05) is 6.07 Å². The van der Waals surface area contributed by atoms with Crippen molar-refractivity contribution in [2.24, 2.45) is 0 Å². The summed E-state index contributed by atoms with van der Waals surface area (Å²) in [4.78, 5) is 7.04. The molecule has 1 aromatic heterocycles. The molecule has 1 aromatic carbocycles. The smallest absolute Gasteiger partial charge is 0.151 e. The Bertz CT molecular complexity index is 720. The predicted molar refractivity (Wildman–Crippen MR) is 109 cm³/mol. The fourth-order valence-electron chi connectivity index (χ4n) is 3.51. The molecular weight excluding hydrogens is 338 g/mol. The van der Waals surface area contributed by atoms with Crippen molar-refractivity contribution in [2.75, 3.05) is 68.8 Å². The molecule has 2 aliphatic heterocycles. The van der Waals surface area contributed by atoms with Gasteiger partial charge in [-0.1, -0.05) is 42.5 Å². The van der Waals surface area contributed by atoms with Crippen LogP contribution in [-0.2, 0) is 4.74 Å². The summed E-state index contributed by atoms with van der Waals surface area (Å²) in [6.45, 7) is 8.39. The van der Waals surface area contributed by atoms with E-state index in [4.69, 9.17) is 4.74 Å². The number of hydrogen-bond donors (Lipinski definition) is 0. The Morgan fingerprint density at radius 1 is 0.778 bits per heavy atom. The van der Waals surface area contributed by atoms with Crippen LogP contribution in [0.2, 0.25) is 0 Å². The van der Waals surface area contributed by atoms with Gasteiger partial charge in [-0.3, -0.25) is 4.90 Å². The number of nitrogens with zero attached hydrogens (tertiary/aromatic N) is 5. The number of aromatic nitrogens is 2. The van der Waals surface area contributed by atoms with Crippen molar-refractivity contribution >= 4 is 17.7 Å². The first-order valence-electron chi connectivity index (χ1n) is 9.74. The molecule has 3 heterocycles. The molecule has 27 heavy (non-hydrogen) atoms. The van der Waals surface area contributed by atoms with E-state index in [0.29, 0.717) is 0 Å². The molecular formula is C21H27N5O. The molecule has 4 rings (SSSR count). The predicted octanol–water partition coefficient (Wildman–Crippen LogP) is 2.15. The Morgan fingerprint density at radius 2 is 1.41 bits per heavy atom. The van der Waals surface area contributed by atoms with Crippen LogP contribution in [0.3, 0.4) is 0 Å². The normalized spacial score (nSPS) is 19.0. The second-order valence-electron chi connectivity index (χ2n) is 6.95. The minimum Gasteiger partial charge on any atom is -0.378 e. The van der Waals surface area contributed by atoms with Crippen LogP contribution >= 0.6 is 0 Å². The number of hydrogen-bond acceptors (Lipinski definition) is 6. The maximum atomic E-state index is 5.40. The number of ether oxygens (including phenoxy) is 1. The van der Waals surface area contributed by atoms with Gasteiger partial charge in [0.05, 0.1) is 13.2 Å². The van der Waals surface area contributed by atoms with Gasteiger partial charge in [-0.05, 0) is 17.7 Å². The van der Waals surface area contributed by atoms with Crippen molar-refractivity contribution in [3.63, 3.8) is 0 Å². The van der Waals surface area contributed by atoms with E-state index in [0.717, 1.165) is 70.7 Å². The van der Waals surface area contributed by atoms with Crippen LogP contribution in [0.15, 0.2) is 48.5 Å². The SMILES string of the molecule is C(=C\c1ccccc1)/CN1CCN(c2ccc(N3CCOCC3)nn2)CC1. The van der Waals surface area contributed by atoms with Crippen LogP contribution in [0.4, 0.5) is 11.6 Å². The molecule has 0 spiro atoms. The molecule has 0 N–H and O–H groups in total. The average molecular weight is 365 g/mol. The lowest BCUT2D eigenvalue weighted by molar-refractivity contribution is 0.122. The molecule has 6 nitrogen and oxygen atoms in total. The molecule has 2 saturated heterocycles. The van der Waals surface area contributed by atoms with Gasteiger partial charge in [0.25, 0.3) is 0 Å². The van der Waals surface area contributed by atoms with Gasteiger partial charge in [-0.2, -0.15) is 0 Å². The first-order chi connectivity index (χ1) is 13.4.